The summed E-state index contributed by atoms with van der Waals surface area (Å²) in [6, 6.07) is 18.5. The van der Waals surface area contributed by atoms with E-state index in [1.807, 2.05) is 49.4 Å². The average molecular weight is 411 g/mol. The van der Waals surface area contributed by atoms with E-state index in [-0.39, 0.29) is 18.4 Å². The number of nitrogens with zero attached hydrogens (tertiary/aromatic N) is 1. The Labute approximate surface area is 175 Å². The molecule has 5 nitrogen and oxygen atoms in total. The molecule has 6 heteroatoms. The Morgan fingerprint density at radius 2 is 1.69 bits per heavy atom. The number of amides is 2. The van der Waals surface area contributed by atoms with Crippen LogP contribution in [0.5, 0.6) is 5.75 Å². The van der Waals surface area contributed by atoms with Crippen LogP contribution in [-0.2, 0) is 11.3 Å². The Hall–Kier alpha value is -3.05. The van der Waals surface area contributed by atoms with E-state index < -0.39 is 0 Å². The first-order chi connectivity index (χ1) is 14.0. The fourth-order valence-electron chi connectivity index (χ4n) is 3.03. The lowest BCUT2D eigenvalue weighted by Gasteiger charge is -2.20. The molecule has 0 radical (unpaired) electrons. The summed E-state index contributed by atoms with van der Waals surface area (Å²) < 4.78 is 5.23. The van der Waals surface area contributed by atoms with Crippen molar-refractivity contribution in [2.75, 3.05) is 20.2 Å². The first kappa shape index (κ1) is 20.7. The van der Waals surface area contributed by atoms with Crippen molar-refractivity contribution < 1.29 is 14.3 Å². The van der Waals surface area contributed by atoms with E-state index in [1.165, 1.54) is 4.90 Å². The standard InChI is InChI=1S/C23H23ClN2O3/c1-3-26(15-22(27)25-14-16-4-9-20(24)10-5-16)23(28)19-7-6-18-13-21(29-2)11-8-17(18)12-19/h4-13H,3,14-15H2,1-2H3,(H,25,27). The third-order valence-corrected chi connectivity index (χ3v) is 4.95. The predicted molar refractivity (Wildman–Crippen MR) is 115 cm³/mol. The molecule has 0 saturated carbocycles. The number of likely N-dealkylation sites (N-methyl/N-ethyl adjacent to an activating group) is 1. The lowest BCUT2D eigenvalue weighted by molar-refractivity contribution is -0.121. The van der Waals surface area contributed by atoms with E-state index in [9.17, 15) is 9.59 Å². The molecular weight excluding hydrogens is 388 g/mol. The van der Waals surface area contributed by atoms with Crippen molar-refractivity contribution in [1.29, 1.82) is 0 Å². The maximum atomic E-state index is 12.9. The number of benzene rings is 3. The van der Waals surface area contributed by atoms with Gasteiger partial charge in [0, 0.05) is 23.7 Å². The molecule has 3 aromatic rings. The molecule has 3 aromatic carbocycles. The van der Waals surface area contributed by atoms with Crippen molar-refractivity contribution >= 4 is 34.2 Å². The van der Waals surface area contributed by atoms with E-state index in [0.29, 0.717) is 23.7 Å². The molecule has 0 spiro atoms. The number of halogens is 1. The zero-order valence-corrected chi connectivity index (χ0v) is 17.2. The molecule has 0 bridgehead atoms. The van der Waals surface area contributed by atoms with E-state index in [2.05, 4.69) is 5.32 Å². The molecule has 0 fully saturated rings. The molecule has 0 atom stereocenters. The molecule has 0 heterocycles. The number of ether oxygens (including phenoxy) is 1. The minimum Gasteiger partial charge on any atom is -0.497 e. The first-order valence-electron chi connectivity index (χ1n) is 9.38. The van der Waals surface area contributed by atoms with Gasteiger partial charge in [-0.2, -0.15) is 0 Å². The summed E-state index contributed by atoms with van der Waals surface area (Å²) in [7, 11) is 1.62. The van der Waals surface area contributed by atoms with Crippen molar-refractivity contribution in [2.24, 2.45) is 0 Å². The van der Waals surface area contributed by atoms with Crippen molar-refractivity contribution in [3.63, 3.8) is 0 Å². The van der Waals surface area contributed by atoms with E-state index in [4.69, 9.17) is 16.3 Å². The highest BCUT2D eigenvalue weighted by Crippen LogP contribution is 2.22. The Bertz CT molecular complexity index is 1020. The number of methoxy groups -OCH3 is 1. The van der Waals surface area contributed by atoms with Crippen LogP contribution in [0.25, 0.3) is 10.8 Å². The third kappa shape index (κ3) is 5.27. The summed E-state index contributed by atoms with van der Waals surface area (Å²) in [6.07, 6.45) is 0. The Morgan fingerprint density at radius 1 is 1.00 bits per heavy atom. The van der Waals surface area contributed by atoms with Gasteiger partial charge >= 0.3 is 0 Å². The molecule has 0 aromatic heterocycles. The van der Waals surface area contributed by atoms with Gasteiger partial charge in [-0.25, -0.2) is 0 Å². The summed E-state index contributed by atoms with van der Waals surface area (Å²) >= 11 is 5.87. The van der Waals surface area contributed by atoms with Gasteiger partial charge in [-0.3, -0.25) is 9.59 Å². The van der Waals surface area contributed by atoms with Gasteiger partial charge < -0.3 is 15.0 Å². The lowest BCUT2D eigenvalue weighted by Crippen LogP contribution is -2.40. The van der Waals surface area contributed by atoms with Gasteiger partial charge in [0.2, 0.25) is 5.91 Å². The number of fused-ring (bicyclic) bond motifs is 1. The Kier molecular flexibility index (Phi) is 6.73. The summed E-state index contributed by atoms with van der Waals surface area (Å²) in [5.41, 5.74) is 1.50. The molecule has 0 aliphatic carbocycles. The smallest absolute Gasteiger partial charge is 0.254 e. The van der Waals surface area contributed by atoms with Gasteiger partial charge in [-0.15, -0.1) is 0 Å². The van der Waals surface area contributed by atoms with Crippen LogP contribution in [-0.4, -0.2) is 36.9 Å². The van der Waals surface area contributed by atoms with Crippen LogP contribution in [0, 0.1) is 0 Å². The van der Waals surface area contributed by atoms with Crippen LogP contribution in [0.2, 0.25) is 5.02 Å². The minimum atomic E-state index is -0.208. The van der Waals surface area contributed by atoms with Crippen molar-refractivity contribution in [3.05, 3.63) is 76.8 Å². The van der Waals surface area contributed by atoms with Crippen LogP contribution in [0.15, 0.2) is 60.7 Å². The number of carbonyl (C=O) groups is 2. The number of hydrogen-bond donors (Lipinski definition) is 1. The number of hydrogen-bond acceptors (Lipinski definition) is 3. The van der Waals surface area contributed by atoms with Crippen molar-refractivity contribution in [3.8, 4) is 5.75 Å². The number of carbonyl (C=O) groups excluding carboxylic acids is 2. The summed E-state index contributed by atoms with van der Waals surface area (Å²) in [4.78, 5) is 26.8. The van der Waals surface area contributed by atoms with E-state index >= 15 is 0 Å². The van der Waals surface area contributed by atoms with Crippen LogP contribution in [0.3, 0.4) is 0 Å². The second kappa shape index (κ2) is 9.43. The monoisotopic (exact) mass is 410 g/mol. The molecule has 0 unspecified atom stereocenters. The quantitative estimate of drug-likeness (QED) is 0.632. The highest BCUT2D eigenvalue weighted by molar-refractivity contribution is 6.30. The fraction of sp³-hybridized carbons (Fsp3) is 0.217. The van der Waals surface area contributed by atoms with E-state index in [1.54, 1.807) is 25.3 Å². The van der Waals surface area contributed by atoms with Gasteiger partial charge in [0.15, 0.2) is 0 Å². The summed E-state index contributed by atoms with van der Waals surface area (Å²) in [5, 5.41) is 5.43. The lowest BCUT2D eigenvalue weighted by atomic mass is 10.1. The molecule has 150 valence electrons. The normalized spacial score (nSPS) is 10.6. The van der Waals surface area contributed by atoms with Gasteiger partial charge in [-0.1, -0.05) is 35.9 Å². The van der Waals surface area contributed by atoms with Gasteiger partial charge in [0.05, 0.1) is 13.7 Å². The molecule has 3 rings (SSSR count). The Balaban J connectivity index is 1.65. The Morgan fingerprint density at radius 3 is 2.38 bits per heavy atom. The van der Waals surface area contributed by atoms with Crippen molar-refractivity contribution in [1.82, 2.24) is 10.2 Å². The SMILES string of the molecule is CCN(CC(=O)NCc1ccc(Cl)cc1)C(=O)c1ccc2cc(OC)ccc2c1. The van der Waals surface area contributed by atoms with Gasteiger partial charge in [0.25, 0.3) is 5.91 Å². The van der Waals surface area contributed by atoms with Crippen LogP contribution in [0.1, 0.15) is 22.8 Å². The van der Waals surface area contributed by atoms with Crippen LogP contribution in [0.4, 0.5) is 0 Å². The van der Waals surface area contributed by atoms with E-state index in [0.717, 1.165) is 22.1 Å². The molecule has 1 N–H and O–H groups in total. The molecular formula is C23H23ClN2O3. The summed E-state index contributed by atoms with van der Waals surface area (Å²) in [5.74, 6) is 0.386. The highest BCUT2D eigenvalue weighted by Gasteiger charge is 2.17. The van der Waals surface area contributed by atoms with Crippen LogP contribution >= 0.6 is 11.6 Å². The highest BCUT2D eigenvalue weighted by atomic mass is 35.5. The average Bonchev–Trinajstić information content (AvgIpc) is 2.75. The molecule has 2 amide bonds. The second-order valence-electron chi connectivity index (χ2n) is 6.65. The van der Waals surface area contributed by atoms with Crippen LogP contribution < -0.4 is 10.1 Å². The zero-order valence-electron chi connectivity index (χ0n) is 16.4. The maximum Gasteiger partial charge on any atom is 0.254 e. The number of nitrogens with one attached hydrogen (secondary N) is 1. The van der Waals surface area contributed by atoms with Gasteiger partial charge in [-0.05, 0) is 59.7 Å². The second-order valence-corrected chi connectivity index (χ2v) is 7.09. The molecule has 29 heavy (non-hydrogen) atoms. The zero-order chi connectivity index (χ0) is 20.8. The first-order valence-corrected chi connectivity index (χ1v) is 9.76. The van der Waals surface area contributed by atoms with Crippen molar-refractivity contribution in [2.45, 2.75) is 13.5 Å². The predicted octanol–water partition coefficient (Wildman–Crippen LogP) is 4.28. The molecule has 0 aliphatic heterocycles. The summed E-state index contributed by atoms with van der Waals surface area (Å²) in [6.45, 7) is 2.69. The topological polar surface area (TPSA) is 58.6 Å². The van der Waals surface area contributed by atoms with Gasteiger partial charge in [0.1, 0.15) is 5.75 Å². The minimum absolute atomic E-state index is 0.00354. The largest absolute Gasteiger partial charge is 0.497 e. The fourth-order valence-corrected chi connectivity index (χ4v) is 3.15. The third-order valence-electron chi connectivity index (χ3n) is 4.70. The molecule has 0 aliphatic rings. The maximum absolute atomic E-state index is 12.9. The number of rotatable bonds is 7. The molecule has 0 saturated heterocycles.